The minimum Gasteiger partial charge on any atom is -0.370 e. The van der Waals surface area contributed by atoms with E-state index in [1.807, 2.05) is 12.1 Å². The molecule has 2 aromatic rings. The molecule has 2 rings (SSSR count). The lowest BCUT2D eigenvalue weighted by Gasteiger charge is -2.14. The fourth-order valence-electron chi connectivity index (χ4n) is 2.05. The van der Waals surface area contributed by atoms with Crippen molar-refractivity contribution in [2.45, 2.75) is 26.7 Å². The number of rotatable bonds is 6. The summed E-state index contributed by atoms with van der Waals surface area (Å²) in [5.41, 5.74) is 2.52. The first-order valence-corrected chi connectivity index (χ1v) is 7.13. The van der Waals surface area contributed by atoms with Gasteiger partial charge < -0.3 is 10.6 Å². The maximum atomic E-state index is 8.96. The van der Waals surface area contributed by atoms with Crippen LogP contribution in [0, 0.1) is 11.3 Å². The van der Waals surface area contributed by atoms with Crippen LogP contribution in [-0.2, 0) is 6.42 Å². The third kappa shape index (κ3) is 3.69. The molecule has 0 saturated carbocycles. The fraction of sp³-hybridized carbons (Fsp3) is 0.312. The van der Waals surface area contributed by atoms with Crippen molar-refractivity contribution in [3.05, 3.63) is 41.7 Å². The van der Waals surface area contributed by atoms with E-state index in [0.717, 1.165) is 42.3 Å². The molecule has 0 saturated heterocycles. The number of nitrogens with one attached hydrogen (secondary N) is 2. The van der Waals surface area contributed by atoms with E-state index >= 15 is 0 Å². The Morgan fingerprint density at radius 2 is 2.00 bits per heavy atom. The molecule has 0 aliphatic heterocycles. The van der Waals surface area contributed by atoms with Gasteiger partial charge >= 0.3 is 0 Å². The molecule has 2 N–H and O–H groups in total. The lowest BCUT2D eigenvalue weighted by molar-refractivity contribution is 0.949. The van der Waals surface area contributed by atoms with Gasteiger partial charge in [-0.15, -0.1) is 0 Å². The van der Waals surface area contributed by atoms with Crippen LogP contribution in [0.3, 0.4) is 0 Å². The molecule has 0 bridgehead atoms. The number of nitriles is 1. The third-order valence-electron chi connectivity index (χ3n) is 3.10. The van der Waals surface area contributed by atoms with Crippen LogP contribution in [0.15, 0.2) is 30.6 Å². The van der Waals surface area contributed by atoms with Crippen LogP contribution in [0.25, 0.3) is 0 Å². The topological polar surface area (TPSA) is 73.6 Å². The Morgan fingerprint density at radius 1 is 1.19 bits per heavy atom. The van der Waals surface area contributed by atoms with Crippen molar-refractivity contribution in [2.75, 3.05) is 17.2 Å². The van der Waals surface area contributed by atoms with Gasteiger partial charge in [0.2, 0.25) is 0 Å². The van der Waals surface area contributed by atoms with Crippen molar-refractivity contribution in [3.8, 4) is 6.07 Å². The van der Waals surface area contributed by atoms with Crippen LogP contribution < -0.4 is 10.6 Å². The molecule has 5 heteroatoms. The zero-order valence-electron chi connectivity index (χ0n) is 12.3. The number of hydrogen-bond donors (Lipinski definition) is 2. The maximum absolute atomic E-state index is 8.96. The van der Waals surface area contributed by atoms with Crippen molar-refractivity contribution in [1.29, 1.82) is 5.26 Å². The van der Waals surface area contributed by atoms with Gasteiger partial charge in [0.25, 0.3) is 0 Å². The molecule has 5 nitrogen and oxygen atoms in total. The van der Waals surface area contributed by atoms with Crippen LogP contribution in [0.2, 0.25) is 0 Å². The van der Waals surface area contributed by atoms with Crippen molar-refractivity contribution in [3.63, 3.8) is 0 Å². The van der Waals surface area contributed by atoms with Gasteiger partial charge in [0.1, 0.15) is 18.0 Å². The Hall–Kier alpha value is -2.61. The van der Waals surface area contributed by atoms with Gasteiger partial charge in [-0.05, 0) is 31.0 Å². The SMILES string of the molecule is CCCNc1ncnc(Nc2cccc(C#N)c2)c1CC. The molecule has 1 aromatic carbocycles. The minimum atomic E-state index is 0.622. The second-order valence-corrected chi connectivity index (χ2v) is 4.65. The molecule has 108 valence electrons. The Labute approximate surface area is 125 Å². The smallest absolute Gasteiger partial charge is 0.139 e. The highest BCUT2D eigenvalue weighted by Gasteiger charge is 2.09. The molecule has 0 amide bonds. The number of benzene rings is 1. The molecular weight excluding hydrogens is 262 g/mol. The van der Waals surface area contributed by atoms with Crippen LogP contribution in [-0.4, -0.2) is 16.5 Å². The largest absolute Gasteiger partial charge is 0.370 e. The van der Waals surface area contributed by atoms with E-state index < -0.39 is 0 Å². The van der Waals surface area contributed by atoms with E-state index in [1.165, 1.54) is 0 Å². The minimum absolute atomic E-state index is 0.622. The maximum Gasteiger partial charge on any atom is 0.139 e. The van der Waals surface area contributed by atoms with Gasteiger partial charge in [-0.25, -0.2) is 9.97 Å². The van der Waals surface area contributed by atoms with Crippen LogP contribution in [0.1, 0.15) is 31.4 Å². The summed E-state index contributed by atoms with van der Waals surface area (Å²) in [6.45, 7) is 5.08. The molecule has 0 fully saturated rings. The zero-order chi connectivity index (χ0) is 15.1. The Morgan fingerprint density at radius 3 is 2.71 bits per heavy atom. The zero-order valence-corrected chi connectivity index (χ0v) is 12.3. The van der Waals surface area contributed by atoms with Gasteiger partial charge in [0, 0.05) is 17.8 Å². The average Bonchev–Trinajstić information content (AvgIpc) is 2.53. The molecule has 0 aliphatic rings. The predicted molar refractivity (Wildman–Crippen MR) is 84.6 cm³/mol. The number of anilines is 3. The average molecular weight is 281 g/mol. The van der Waals surface area contributed by atoms with E-state index in [0.29, 0.717) is 5.56 Å². The van der Waals surface area contributed by atoms with Crippen molar-refractivity contribution in [1.82, 2.24) is 9.97 Å². The summed E-state index contributed by atoms with van der Waals surface area (Å²) in [4.78, 5) is 8.63. The molecule has 1 aromatic heterocycles. The summed E-state index contributed by atoms with van der Waals surface area (Å²) in [7, 11) is 0. The first-order chi connectivity index (χ1) is 10.3. The standard InChI is InChI=1S/C16H19N5/c1-3-8-18-15-14(4-2)16(20-11-19-15)21-13-7-5-6-12(9-13)10-17/h5-7,9,11H,3-4,8H2,1-2H3,(H2,18,19,20,21). The Bertz CT molecular complexity index is 645. The highest BCUT2D eigenvalue weighted by Crippen LogP contribution is 2.24. The second-order valence-electron chi connectivity index (χ2n) is 4.65. The number of hydrogen-bond acceptors (Lipinski definition) is 5. The van der Waals surface area contributed by atoms with Gasteiger partial charge in [-0.3, -0.25) is 0 Å². The lowest BCUT2D eigenvalue weighted by atomic mass is 10.2. The van der Waals surface area contributed by atoms with Crippen molar-refractivity contribution >= 4 is 17.3 Å². The first kappa shape index (κ1) is 14.8. The third-order valence-corrected chi connectivity index (χ3v) is 3.10. The van der Waals surface area contributed by atoms with E-state index in [9.17, 15) is 0 Å². The Balaban J connectivity index is 2.28. The summed E-state index contributed by atoms with van der Waals surface area (Å²) in [6, 6.07) is 9.49. The van der Waals surface area contributed by atoms with E-state index in [1.54, 1.807) is 18.5 Å². The molecule has 0 radical (unpaired) electrons. The summed E-state index contributed by atoms with van der Waals surface area (Å²) >= 11 is 0. The lowest BCUT2D eigenvalue weighted by Crippen LogP contribution is -2.08. The molecule has 0 aliphatic carbocycles. The molecule has 0 unspecified atom stereocenters. The summed E-state index contributed by atoms with van der Waals surface area (Å²) < 4.78 is 0. The van der Waals surface area contributed by atoms with E-state index in [4.69, 9.17) is 5.26 Å². The molecule has 1 heterocycles. The van der Waals surface area contributed by atoms with Crippen LogP contribution in [0.5, 0.6) is 0 Å². The number of aromatic nitrogens is 2. The van der Waals surface area contributed by atoms with Crippen molar-refractivity contribution in [2.24, 2.45) is 0 Å². The summed E-state index contributed by atoms with van der Waals surface area (Å²) in [6.07, 6.45) is 3.42. The molecular formula is C16H19N5. The highest BCUT2D eigenvalue weighted by molar-refractivity contribution is 5.65. The monoisotopic (exact) mass is 281 g/mol. The van der Waals surface area contributed by atoms with Gasteiger partial charge in [0.05, 0.1) is 11.6 Å². The summed E-state index contributed by atoms with van der Waals surface area (Å²) in [5, 5.41) is 15.5. The number of nitrogens with zero attached hydrogens (tertiary/aromatic N) is 3. The highest BCUT2D eigenvalue weighted by atomic mass is 15.1. The second kappa shape index (κ2) is 7.25. The van der Waals surface area contributed by atoms with Crippen molar-refractivity contribution < 1.29 is 0 Å². The van der Waals surface area contributed by atoms with E-state index in [2.05, 4.69) is 40.5 Å². The Kier molecular flexibility index (Phi) is 5.10. The molecule has 0 spiro atoms. The molecule has 21 heavy (non-hydrogen) atoms. The van der Waals surface area contributed by atoms with E-state index in [-0.39, 0.29) is 0 Å². The predicted octanol–water partition coefficient (Wildman–Crippen LogP) is 3.48. The quantitative estimate of drug-likeness (QED) is 0.848. The van der Waals surface area contributed by atoms with Gasteiger partial charge in [0.15, 0.2) is 0 Å². The molecule has 0 atom stereocenters. The summed E-state index contributed by atoms with van der Waals surface area (Å²) in [5.74, 6) is 1.65. The van der Waals surface area contributed by atoms with Gasteiger partial charge in [-0.2, -0.15) is 5.26 Å². The van der Waals surface area contributed by atoms with Crippen LogP contribution >= 0.6 is 0 Å². The van der Waals surface area contributed by atoms with Gasteiger partial charge in [-0.1, -0.05) is 19.9 Å². The van der Waals surface area contributed by atoms with Crippen LogP contribution in [0.4, 0.5) is 17.3 Å². The normalized spacial score (nSPS) is 9.95. The fourth-order valence-corrected chi connectivity index (χ4v) is 2.05. The first-order valence-electron chi connectivity index (χ1n) is 7.13.